The highest BCUT2D eigenvalue weighted by Crippen LogP contribution is 2.29. The molecule has 0 fully saturated rings. The predicted octanol–water partition coefficient (Wildman–Crippen LogP) is 4.75. The summed E-state index contributed by atoms with van der Waals surface area (Å²) in [6, 6.07) is 12.2. The minimum absolute atomic E-state index is 0.0131. The quantitative estimate of drug-likeness (QED) is 0.739. The van der Waals surface area contributed by atoms with Crippen LogP contribution in [-0.2, 0) is 4.79 Å². The minimum atomic E-state index is -0.0372. The number of nitrogens with zero attached hydrogens (tertiary/aromatic N) is 3. The molecule has 0 saturated heterocycles. The lowest BCUT2D eigenvalue weighted by molar-refractivity contribution is -0.130. The Kier molecular flexibility index (Phi) is 5.68. The Morgan fingerprint density at radius 3 is 2.52 bits per heavy atom. The molecule has 1 amide bonds. The van der Waals surface area contributed by atoms with Gasteiger partial charge in [-0.3, -0.25) is 9.78 Å². The molecule has 1 aliphatic heterocycles. The Morgan fingerprint density at radius 1 is 1.19 bits per heavy atom. The molecule has 0 N–H and O–H groups in total. The summed E-state index contributed by atoms with van der Waals surface area (Å²) in [6.45, 7) is 7.70. The summed E-state index contributed by atoms with van der Waals surface area (Å²) >= 11 is 0. The van der Waals surface area contributed by atoms with Gasteiger partial charge < -0.3 is 0 Å². The third-order valence-corrected chi connectivity index (χ3v) is 4.56. The molecule has 4 nitrogen and oxygen atoms in total. The summed E-state index contributed by atoms with van der Waals surface area (Å²) in [4.78, 5) is 16.4. The van der Waals surface area contributed by atoms with E-state index in [0.29, 0.717) is 6.42 Å². The normalized spacial score (nSPS) is 15.9. The molecule has 2 aromatic rings. The van der Waals surface area contributed by atoms with Crippen LogP contribution in [0.25, 0.3) is 5.57 Å². The van der Waals surface area contributed by atoms with E-state index in [-0.39, 0.29) is 11.9 Å². The molecule has 3 rings (SSSR count). The average Bonchev–Trinajstić information content (AvgIpc) is 3.06. The fourth-order valence-electron chi connectivity index (χ4n) is 3.29. The predicted molar refractivity (Wildman–Crippen MR) is 109 cm³/mol. The number of pyridine rings is 1. The molecule has 0 aliphatic carbocycles. The van der Waals surface area contributed by atoms with Crippen molar-refractivity contribution in [2.24, 2.45) is 5.10 Å². The van der Waals surface area contributed by atoms with Crippen molar-refractivity contribution in [1.82, 2.24) is 9.99 Å². The van der Waals surface area contributed by atoms with Gasteiger partial charge in [0.1, 0.15) is 0 Å². The third kappa shape index (κ3) is 4.60. The smallest absolute Gasteiger partial charge is 0.239 e. The van der Waals surface area contributed by atoms with Gasteiger partial charge >= 0.3 is 0 Å². The van der Waals surface area contributed by atoms with Crippen LogP contribution in [-0.4, -0.2) is 27.7 Å². The first-order chi connectivity index (χ1) is 12.9. The van der Waals surface area contributed by atoms with Gasteiger partial charge in [-0.2, -0.15) is 5.10 Å². The van der Waals surface area contributed by atoms with Gasteiger partial charge in [0.05, 0.1) is 11.8 Å². The largest absolute Gasteiger partial charge is 0.273 e. The third-order valence-electron chi connectivity index (χ3n) is 4.56. The Balaban J connectivity index is 1.90. The molecule has 0 bridgehead atoms. The zero-order valence-corrected chi connectivity index (χ0v) is 16.4. The van der Waals surface area contributed by atoms with E-state index in [1.54, 1.807) is 18.1 Å². The maximum absolute atomic E-state index is 12.2. The molecule has 27 heavy (non-hydrogen) atoms. The van der Waals surface area contributed by atoms with E-state index in [0.717, 1.165) is 34.4 Å². The van der Waals surface area contributed by atoms with Crippen molar-refractivity contribution in [3.63, 3.8) is 0 Å². The first-order valence-electron chi connectivity index (χ1n) is 9.21. The average molecular weight is 359 g/mol. The molecule has 138 valence electrons. The number of benzene rings is 1. The van der Waals surface area contributed by atoms with E-state index in [1.165, 1.54) is 5.56 Å². The Hall–Kier alpha value is -2.97. The number of hydrogen-bond donors (Lipinski definition) is 0. The molecule has 2 heterocycles. The van der Waals surface area contributed by atoms with E-state index in [9.17, 15) is 4.79 Å². The van der Waals surface area contributed by atoms with Crippen LogP contribution >= 0.6 is 0 Å². The fraction of sp³-hybridized carbons (Fsp3) is 0.304. The van der Waals surface area contributed by atoms with Crippen molar-refractivity contribution >= 4 is 17.2 Å². The van der Waals surface area contributed by atoms with Crippen LogP contribution in [0.3, 0.4) is 0 Å². The first-order valence-corrected chi connectivity index (χ1v) is 9.21. The minimum Gasteiger partial charge on any atom is -0.273 e. The van der Waals surface area contributed by atoms with Gasteiger partial charge in [-0.05, 0) is 38.0 Å². The molecule has 0 saturated carbocycles. The van der Waals surface area contributed by atoms with Gasteiger partial charge in [0, 0.05) is 43.3 Å². The number of carbonyl (C=O) groups excluding carboxylic acids is 1. The monoisotopic (exact) mass is 359 g/mol. The van der Waals surface area contributed by atoms with Crippen molar-refractivity contribution < 1.29 is 4.79 Å². The number of carbonyl (C=O) groups is 1. The van der Waals surface area contributed by atoms with Gasteiger partial charge in [-0.15, -0.1) is 5.73 Å². The summed E-state index contributed by atoms with van der Waals surface area (Å²) in [5.41, 5.74) is 9.88. The van der Waals surface area contributed by atoms with E-state index < -0.39 is 0 Å². The lowest BCUT2D eigenvalue weighted by Crippen LogP contribution is -2.31. The molecule has 1 aromatic heterocycles. The summed E-state index contributed by atoms with van der Waals surface area (Å²) in [5.74, 6) is -0.0372. The van der Waals surface area contributed by atoms with Crippen molar-refractivity contribution in [1.29, 1.82) is 0 Å². The van der Waals surface area contributed by atoms with Crippen LogP contribution in [0.1, 0.15) is 50.3 Å². The van der Waals surface area contributed by atoms with Crippen molar-refractivity contribution in [3.8, 4) is 0 Å². The molecule has 0 radical (unpaired) electrons. The molecular formula is C23H25N3O. The SMILES string of the molecule is CC(=O)N1N=C(c2ccc(C)cc2)CC1CC(=C=C(C)C)c1cccnc1. The van der Waals surface area contributed by atoms with Crippen molar-refractivity contribution in [2.75, 3.05) is 0 Å². The van der Waals surface area contributed by atoms with E-state index in [1.807, 2.05) is 32.2 Å². The van der Waals surface area contributed by atoms with Crippen LogP contribution in [0.5, 0.6) is 0 Å². The Labute approximate surface area is 160 Å². The van der Waals surface area contributed by atoms with Crippen molar-refractivity contribution in [3.05, 3.63) is 76.8 Å². The number of aromatic nitrogens is 1. The van der Waals surface area contributed by atoms with Gasteiger partial charge in [-0.25, -0.2) is 5.01 Å². The second-order valence-electron chi connectivity index (χ2n) is 7.18. The molecule has 1 atom stereocenters. The first kappa shape index (κ1) is 18.8. The topological polar surface area (TPSA) is 45.6 Å². The number of amides is 1. The lowest BCUT2D eigenvalue weighted by Gasteiger charge is -2.21. The number of hydrogen-bond acceptors (Lipinski definition) is 3. The van der Waals surface area contributed by atoms with E-state index >= 15 is 0 Å². The number of aryl methyl sites for hydroxylation is 1. The number of rotatable bonds is 4. The lowest BCUT2D eigenvalue weighted by atomic mass is 9.95. The zero-order valence-electron chi connectivity index (χ0n) is 16.4. The molecule has 4 heteroatoms. The van der Waals surface area contributed by atoms with Crippen molar-refractivity contribution in [2.45, 2.75) is 46.6 Å². The molecule has 1 unspecified atom stereocenters. The van der Waals surface area contributed by atoms with Gasteiger partial charge in [0.25, 0.3) is 0 Å². The zero-order chi connectivity index (χ0) is 19.4. The summed E-state index contributed by atoms with van der Waals surface area (Å²) < 4.78 is 0. The van der Waals surface area contributed by atoms with Gasteiger partial charge in [0.2, 0.25) is 5.91 Å². The Bertz CT molecular complexity index is 916. The van der Waals surface area contributed by atoms with Crippen LogP contribution in [0.4, 0.5) is 0 Å². The molecule has 1 aliphatic rings. The van der Waals surface area contributed by atoms with Gasteiger partial charge in [0.15, 0.2) is 0 Å². The molecule has 1 aromatic carbocycles. The maximum Gasteiger partial charge on any atom is 0.239 e. The molecule has 0 spiro atoms. The standard InChI is InChI=1S/C23H25N3O/c1-16(2)12-21(20-6-5-11-24-15-20)13-22-14-23(25-26(22)18(4)27)19-9-7-17(3)8-10-19/h5-11,15,22H,13-14H2,1-4H3. The van der Waals surface area contributed by atoms with Crippen LogP contribution in [0.2, 0.25) is 0 Å². The highest BCUT2D eigenvalue weighted by Gasteiger charge is 2.31. The second kappa shape index (κ2) is 8.15. The van der Waals surface area contributed by atoms with E-state index in [2.05, 4.69) is 47.0 Å². The summed E-state index contributed by atoms with van der Waals surface area (Å²) in [7, 11) is 0. The van der Waals surface area contributed by atoms with Crippen LogP contribution < -0.4 is 0 Å². The van der Waals surface area contributed by atoms with Crippen LogP contribution in [0, 0.1) is 6.92 Å². The van der Waals surface area contributed by atoms with E-state index in [4.69, 9.17) is 0 Å². The second-order valence-corrected chi connectivity index (χ2v) is 7.18. The maximum atomic E-state index is 12.2. The highest BCUT2D eigenvalue weighted by atomic mass is 16.2. The van der Waals surface area contributed by atoms with Crippen LogP contribution in [0.15, 0.2) is 65.2 Å². The number of hydrazone groups is 1. The fourth-order valence-corrected chi connectivity index (χ4v) is 3.29. The Morgan fingerprint density at radius 2 is 1.93 bits per heavy atom. The summed E-state index contributed by atoms with van der Waals surface area (Å²) in [5, 5.41) is 6.25. The molecular weight excluding hydrogens is 334 g/mol. The summed E-state index contributed by atoms with van der Waals surface area (Å²) in [6.07, 6.45) is 5.03. The highest BCUT2D eigenvalue weighted by molar-refractivity contribution is 6.03. The van der Waals surface area contributed by atoms with Gasteiger partial charge in [-0.1, -0.05) is 35.9 Å².